The molecule has 3 saturated heterocycles. The van der Waals surface area contributed by atoms with Gasteiger partial charge in [-0.3, -0.25) is 19.3 Å². The van der Waals surface area contributed by atoms with Gasteiger partial charge in [-0.05, 0) is 37.6 Å². The van der Waals surface area contributed by atoms with Crippen LogP contribution in [0.5, 0.6) is 0 Å². The zero-order chi connectivity index (χ0) is 28.7. The van der Waals surface area contributed by atoms with Crippen LogP contribution in [0.3, 0.4) is 0 Å². The molecule has 11 heteroatoms. The number of anilines is 1. The Labute approximate surface area is 251 Å². The van der Waals surface area contributed by atoms with Gasteiger partial charge < -0.3 is 25.2 Å². The Morgan fingerprint density at radius 3 is 2.34 bits per heavy atom. The van der Waals surface area contributed by atoms with E-state index in [-0.39, 0.29) is 23.8 Å². The number of carbonyl (C=O) groups is 3. The third-order valence-corrected chi connectivity index (χ3v) is 10.0. The van der Waals surface area contributed by atoms with E-state index in [9.17, 15) is 14.4 Å². The van der Waals surface area contributed by atoms with Gasteiger partial charge in [0.15, 0.2) is 0 Å². The van der Waals surface area contributed by atoms with E-state index >= 15 is 0 Å². The van der Waals surface area contributed by atoms with Crippen molar-refractivity contribution in [2.24, 2.45) is 11.8 Å². The molecule has 2 N–H and O–H groups in total. The number of nitrogens with zero attached hydrogens (tertiary/aromatic N) is 3. The van der Waals surface area contributed by atoms with Crippen molar-refractivity contribution >= 4 is 46.6 Å². The van der Waals surface area contributed by atoms with Crippen molar-refractivity contribution in [1.82, 2.24) is 20.0 Å². The number of piperazine rings is 1. The maximum Gasteiger partial charge on any atom is 0.246 e. The van der Waals surface area contributed by atoms with Gasteiger partial charge in [-0.1, -0.05) is 61.5 Å². The second kappa shape index (κ2) is 11.8. The van der Waals surface area contributed by atoms with Crippen LogP contribution in [0.4, 0.5) is 5.69 Å². The van der Waals surface area contributed by atoms with E-state index in [1.54, 1.807) is 23.1 Å². The number of halogens is 2. The smallest absolute Gasteiger partial charge is 0.246 e. The van der Waals surface area contributed by atoms with Crippen molar-refractivity contribution in [1.29, 1.82) is 0 Å². The maximum atomic E-state index is 14.2. The molecule has 41 heavy (non-hydrogen) atoms. The van der Waals surface area contributed by atoms with Gasteiger partial charge in [-0.25, -0.2) is 0 Å². The molecule has 222 valence electrons. The van der Waals surface area contributed by atoms with Gasteiger partial charge in [0.05, 0.1) is 17.9 Å². The molecular formula is C30H39Cl2N5O4. The molecular weight excluding hydrogens is 565 g/mol. The largest absolute Gasteiger partial charge is 0.359 e. The van der Waals surface area contributed by atoms with Crippen LogP contribution in [0.2, 0.25) is 10.0 Å². The topological polar surface area (TPSA) is 94.2 Å². The SMILES string of the molecule is CCN1CCN(CCN2C(=O)[C@H]3[C@@H](C(=O)Nc4cc(Cl)cc(Cl)c4)[C@H]4C=C[C@@]3(O4)[C@H]2C(=O)NC2CCCCC2)CC1. The molecule has 4 fully saturated rings. The summed E-state index contributed by atoms with van der Waals surface area (Å²) in [5, 5.41) is 6.94. The zero-order valence-corrected chi connectivity index (χ0v) is 25.0. The number of nitrogens with one attached hydrogen (secondary N) is 2. The molecule has 5 aliphatic rings. The minimum atomic E-state index is -1.17. The highest BCUT2D eigenvalue weighted by atomic mass is 35.5. The molecule has 1 aromatic rings. The van der Waals surface area contributed by atoms with Gasteiger partial charge in [-0.2, -0.15) is 0 Å². The average Bonchev–Trinajstić information content (AvgIpc) is 3.59. The molecule has 1 aliphatic carbocycles. The second-order valence-electron chi connectivity index (χ2n) is 12.0. The number of benzene rings is 1. The number of amides is 3. The number of ether oxygens (including phenoxy) is 1. The molecule has 4 heterocycles. The fourth-order valence-electron chi connectivity index (χ4n) is 7.46. The molecule has 3 amide bonds. The van der Waals surface area contributed by atoms with Crippen LogP contribution in [0.15, 0.2) is 30.4 Å². The Morgan fingerprint density at radius 2 is 1.66 bits per heavy atom. The van der Waals surface area contributed by atoms with E-state index in [1.807, 2.05) is 12.2 Å². The first-order valence-corrected chi connectivity index (χ1v) is 15.7. The van der Waals surface area contributed by atoms with Crippen molar-refractivity contribution in [3.8, 4) is 0 Å². The molecule has 1 saturated carbocycles. The van der Waals surface area contributed by atoms with Crippen molar-refractivity contribution in [2.75, 3.05) is 51.1 Å². The summed E-state index contributed by atoms with van der Waals surface area (Å²) in [6.45, 7) is 8.11. The lowest BCUT2D eigenvalue weighted by atomic mass is 9.74. The maximum absolute atomic E-state index is 14.2. The summed E-state index contributed by atoms with van der Waals surface area (Å²) in [6.07, 6.45) is 8.36. The Balaban J connectivity index is 1.25. The normalized spacial score (nSPS) is 32.0. The van der Waals surface area contributed by atoms with Gasteiger partial charge >= 0.3 is 0 Å². The van der Waals surface area contributed by atoms with Crippen molar-refractivity contribution in [3.05, 3.63) is 40.4 Å². The minimum absolute atomic E-state index is 0.0972. The van der Waals surface area contributed by atoms with E-state index in [4.69, 9.17) is 27.9 Å². The van der Waals surface area contributed by atoms with Crippen molar-refractivity contribution in [2.45, 2.75) is 62.8 Å². The predicted molar refractivity (Wildman–Crippen MR) is 158 cm³/mol. The molecule has 5 atom stereocenters. The summed E-state index contributed by atoms with van der Waals surface area (Å²) in [6, 6.07) is 4.10. The Morgan fingerprint density at radius 1 is 0.976 bits per heavy atom. The standard InChI is InChI=1S/C30H39Cl2N5O4/c1-2-35-10-12-36(13-11-35)14-15-37-26(28(39)33-21-6-4-3-5-7-21)30-9-8-23(41-30)24(25(30)29(37)40)27(38)34-22-17-19(31)16-20(32)18-22/h8-9,16-18,21,23-26H,2-7,10-15H2,1H3,(H,33,39)(H,34,38)/t23-,24+,25-,26-,30+/m1/s1. The van der Waals surface area contributed by atoms with E-state index < -0.39 is 29.6 Å². The first kappa shape index (κ1) is 28.9. The lowest BCUT2D eigenvalue weighted by Crippen LogP contribution is -2.57. The lowest BCUT2D eigenvalue weighted by Gasteiger charge is -2.37. The summed E-state index contributed by atoms with van der Waals surface area (Å²) < 4.78 is 6.48. The fraction of sp³-hybridized carbons (Fsp3) is 0.633. The number of rotatable bonds is 8. The number of hydrogen-bond donors (Lipinski definition) is 2. The van der Waals surface area contributed by atoms with Crippen LogP contribution in [0, 0.1) is 11.8 Å². The van der Waals surface area contributed by atoms with Gasteiger partial charge in [-0.15, -0.1) is 0 Å². The van der Waals surface area contributed by atoms with E-state index in [0.29, 0.717) is 28.8 Å². The first-order chi connectivity index (χ1) is 19.8. The highest BCUT2D eigenvalue weighted by Crippen LogP contribution is 2.55. The highest BCUT2D eigenvalue weighted by molar-refractivity contribution is 6.35. The number of fused-ring (bicyclic) bond motifs is 1. The molecule has 6 rings (SSSR count). The quantitative estimate of drug-likeness (QED) is 0.443. The molecule has 2 bridgehead atoms. The van der Waals surface area contributed by atoms with E-state index in [0.717, 1.165) is 58.4 Å². The number of hydrogen-bond acceptors (Lipinski definition) is 6. The van der Waals surface area contributed by atoms with Gasteiger partial charge in [0.25, 0.3) is 0 Å². The fourth-order valence-corrected chi connectivity index (χ4v) is 7.99. The third kappa shape index (κ3) is 5.52. The van der Waals surface area contributed by atoms with Crippen LogP contribution in [0.1, 0.15) is 39.0 Å². The molecule has 0 radical (unpaired) electrons. The molecule has 9 nitrogen and oxygen atoms in total. The Hall–Kier alpha value is -2.17. The lowest BCUT2D eigenvalue weighted by molar-refractivity contribution is -0.141. The first-order valence-electron chi connectivity index (χ1n) is 15.0. The predicted octanol–water partition coefficient (Wildman–Crippen LogP) is 3.17. The van der Waals surface area contributed by atoms with Gasteiger partial charge in [0.1, 0.15) is 11.6 Å². The number of likely N-dealkylation sites (tertiary alicyclic amines) is 1. The van der Waals surface area contributed by atoms with Crippen LogP contribution >= 0.6 is 23.2 Å². The Bertz CT molecular complexity index is 1200. The molecule has 4 aliphatic heterocycles. The summed E-state index contributed by atoms with van der Waals surface area (Å²) in [5.74, 6) is -2.28. The van der Waals surface area contributed by atoms with Crippen LogP contribution in [-0.2, 0) is 19.1 Å². The van der Waals surface area contributed by atoms with Crippen molar-refractivity contribution < 1.29 is 19.1 Å². The third-order valence-electron chi connectivity index (χ3n) is 9.58. The summed E-state index contributed by atoms with van der Waals surface area (Å²) >= 11 is 12.3. The van der Waals surface area contributed by atoms with Gasteiger partial charge in [0.2, 0.25) is 17.7 Å². The number of carbonyl (C=O) groups excluding carboxylic acids is 3. The molecule has 1 aromatic carbocycles. The van der Waals surface area contributed by atoms with Gasteiger partial charge in [0, 0.05) is 61.0 Å². The van der Waals surface area contributed by atoms with Crippen LogP contribution in [0.25, 0.3) is 0 Å². The monoisotopic (exact) mass is 603 g/mol. The molecule has 0 unspecified atom stereocenters. The van der Waals surface area contributed by atoms with E-state index in [2.05, 4.69) is 27.4 Å². The van der Waals surface area contributed by atoms with Crippen molar-refractivity contribution in [3.63, 3.8) is 0 Å². The summed E-state index contributed by atoms with van der Waals surface area (Å²) in [5.41, 5.74) is -0.719. The highest BCUT2D eigenvalue weighted by Gasteiger charge is 2.72. The summed E-state index contributed by atoms with van der Waals surface area (Å²) in [7, 11) is 0. The van der Waals surface area contributed by atoms with E-state index in [1.165, 1.54) is 6.42 Å². The molecule has 0 aromatic heterocycles. The molecule has 1 spiro atoms. The second-order valence-corrected chi connectivity index (χ2v) is 12.9. The van der Waals surface area contributed by atoms with Crippen LogP contribution in [-0.4, -0.2) is 102 Å². The summed E-state index contributed by atoms with van der Waals surface area (Å²) in [4.78, 5) is 48.3. The average molecular weight is 605 g/mol. The zero-order valence-electron chi connectivity index (χ0n) is 23.5. The van der Waals surface area contributed by atoms with Crippen LogP contribution < -0.4 is 10.6 Å². The minimum Gasteiger partial charge on any atom is -0.359 e. The Kier molecular flexibility index (Phi) is 8.35. The number of likely N-dealkylation sites (N-methyl/N-ethyl adjacent to an activating group) is 1.